The Balaban J connectivity index is 3.28. The number of carbonyl (C=O) groups excluding carboxylic acids is 4. The van der Waals surface area contributed by atoms with Crippen LogP contribution in [0.5, 0.6) is 0 Å². The Kier molecular flexibility index (Phi) is 7.81. The summed E-state index contributed by atoms with van der Waals surface area (Å²) in [6.07, 6.45) is -5.18. The van der Waals surface area contributed by atoms with E-state index in [1.807, 2.05) is 0 Å². The quantitative estimate of drug-likeness (QED) is 0.210. The number of hydrogen-bond donors (Lipinski definition) is 0. The number of azide groups is 1. The van der Waals surface area contributed by atoms with Crippen LogP contribution in [0.3, 0.4) is 0 Å². The van der Waals surface area contributed by atoms with Crippen LogP contribution >= 0.6 is 0 Å². The second-order valence-corrected chi connectivity index (χ2v) is 5.30. The summed E-state index contributed by atoms with van der Waals surface area (Å²) in [4.78, 5) is 47.9. The Bertz CT molecular complexity index is 617. The summed E-state index contributed by atoms with van der Waals surface area (Å²) in [5, 5.41) is 3.44. The first-order valence-corrected chi connectivity index (χ1v) is 7.50. The molecule has 0 radical (unpaired) electrons. The fourth-order valence-electron chi connectivity index (χ4n) is 2.33. The van der Waals surface area contributed by atoms with Gasteiger partial charge in [0.25, 0.3) is 0 Å². The predicted molar refractivity (Wildman–Crippen MR) is 81.1 cm³/mol. The van der Waals surface area contributed by atoms with Crippen LogP contribution in [0, 0.1) is 0 Å². The minimum absolute atomic E-state index is 0.383. The Hall–Kier alpha value is -2.85. The summed E-state index contributed by atoms with van der Waals surface area (Å²) < 4.78 is 25.5. The van der Waals surface area contributed by atoms with Crippen LogP contribution in [0.25, 0.3) is 10.4 Å². The minimum Gasteiger partial charge on any atom is -0.463 e. The van der Waals surface area contributed by atoms with Gasteiger partial charge in [-0.15, -0.1) is 0 Å². The predicted octanol–water partition coefficient (Wildman–Crippen LogP) is 0.380. The zero-order valence-electron chi connectivity index (χ0n) is 14.6. The molecule has 1 aliphatic heterocycles. The van der Waals surface area contributed by atoms with Crippen LogP contribution in [0.2, 0.25) is 0 Å². The van der Waals surface area contributed by atoms with Crippen molar-refractivity contribution in [1.29, 1.82) is 0 Å². The van der Waals surface area contributed by atoms with Crippen molar-refractivity contribution < 1.29 is 42.9 Å². The van der Waals surface area contributed by atoms with Crippen molar-refractivity contribution in [1.82, 2.24) is 0 Å². The zero-order chi connectivity index (χ0) is 19.9. The van der Waals surface area contributed by atoms with Crippen molar-refractivity contribution in [2.24, 2.45) is 5.11 Å². The van der Waals surface area contributed by atoms with E-state index in [4.69, 9.17) is 29.2 Å². The average Bonchev–Trinajstić information content (AvgIpc) is 2.49. The third kappa shape index (κ3) is 6.22. The van der Waals surface area contributed by atoms with Crippen LogP contribution in [-0.4, -0.2) is 61.1 Å². The van der Waals surface area contributed by atoms with E-state index >= 15 is 0 Å². The molecule has 144 valence electrons. The monoisotopic (exact) mass is 373 g/mol. The van der Waals surface area contributed by atoms with Crippen molar-refractivity contribution in [2.75, 3.05) is 6.61 Å². The van der Waals surface area contributed by atoms with Gasteiger partial charge in [0.2, 0.25) is 6.29 Å². The van der Waals surface area contributed by atoms with Crippen molar-refractivity contribution in [3.8, 4) is 0 Å². The van der Waals surface area contributed by atoms with E-state index in [1.165, 1.54) is 0 Å². The average molecular weight is 373 g/mol. The zero-order valence-corrected chi connectivity index (χ0v) is 14.6. The number of rotatable bonds is 6. The second-order valence-electron chi connectivity index (χ2n) is 5.30. The molecule has 12 heteroatoms. The number of hydrogen-bond acceptors (Lipinski definition) is 10. The highest BCUT2D eigenvalue weighted by atomic mass is 16.7. The van der Waals surface area contributed by atoms with Gasteiger partial charge in [-0.05, 0) is 5.53 Å². The van der Waals surface area contributed by atoms with Gasteiger partial charge in [-0.25, -0.2) is 0 Å². The maximum atomic E-state index is 11.5. The molecule has 0 aromatic carbocycles. The maximum Gasteiger partial charge on any atom is 0.304 e. The Morgan fingerprint density at radius 2 is 1.46 bits per heavy atom. The molecular weight excluding hydrogens is 354 g/mol. The van der Waals surface area contributed by atoms with Crippen molar-refractivity contribution in [3.63, 3.8) is 0 Å². The molecule has 0 saturated carbocycles. The van der Waals surface area contributed by atoms with Gasteiger partial charge in [-0.1, -0.05) is 5.11 Å². The molecule has 0 bridgehead atoms. The lowest BCUT2D eigenvalue weighted by Gasteiger charge is -2.42. The Labute approximate surface area is 148 Å². The van der Waals surface area contributed by atoms with Gasteiger partial charge in [0.1, 0.15) is 18.8 Å². The first-order valence-electron chi connectivity index (χ1n) is 7.50. The van der Waals surface area contributed by atoms with Gasteiger partial charge in [0, 0.05) is 32.6 Å². The highest BCUT2D eigenvalue weighted by Crippen LogP contribution is 2.29. The van der Waals surface area contributed by atoms with Gasteiger partial charge in [-0.2, -0.15) is 0 Å². The van der Waals surface area contributed by atoms with E-state index in [-0.39, 0.29) is 6.61 Å². The third-order valence-electron chi connectivity index (χ3n) is 3.14. The van der Waals surface area contributed by atoms with E-state index in [0.29, 0.717) is 0 Å². The van der Waals surface area contributed by atoms with Crippen LogP contribution in [-0.2, 0) is 42.9 Å². The number of ether oxygens (including phenoxy) is 5. The normalized spacial score (nSPS) is 27.5. The molecule has 1 saturated heterocycles. The Morgan fingerprint density at radius 3 is 1.92 bits per heavy atom. The molecule has 1 aliphatic rings. The summed E-state index contributed by atoms with van der Waals surface area (Å²) in [5.41, 5.74) is 8.78. The molecule has 5 atom stereocenters. The minimum atomic E-state index is -1.44. The van der Waals surface area contributed by atoms with E-state index in [0.717, 1.165) is 27.7 Å². The van der Waals surface area contributed by atoms with Crippen LogP contribution < -0.4 is 0 Å². The smallest absolute Gasteiger partial charge is 0.304 e. The van der Waals surface area contributed by atoms with Crippen LogP contribution in [0.1, 0.15) is 27.7 Å². The molecule has 0 N–H and O–H groups in total. The summed E-state index contributed by atoms with van der Waals surface area (Å²) in [5.74, 6) is -2.90. The molecular formula is C14H19N3O9. The number of esters is 4. The van der Waals surface area contributed by atoms with E-state index < -0.39 is 54.5 Å². The molecule has 1 unspecified atom stereocenters. The lowest BCUT2D eigenvalue weighted by Crippen LogP contribution is -2.61. The van der Waals surface area contributed by atoms with E-state index in [9.17, 15) is 19.2 Å². The number of carbonyl (C=O) groups is 4. The second kappa shape index (κ2) is 9.59. The summed E-state index contributed by atoms with van der Waals surface area (Å²) in [7, 11) is 0. The molecule has 1 heterocycles. The fourth-order valence-corrected chi connectivity index (χ4v) is 2.33. The summed E-state index contributed by atoms with van der Waals surface area (Å²) in [6.45, 7) is 4.06. The lowest BCUT2D eigenvalue weighted by atomic mass is 9.97. The Morgan fingerprint density at radius 1 is 0.923 bits per heavy atom. The highest BCUT2D eigenvalue weighted by Gasteiger charge is 2.51. The van der Waals surface area contributed by atoms with Crippen molar-refractivity contribution in [3.05, 3.63) is 10.4 Å². The van der Waals surface area contributed by atoms with Gasteiger partial charge in [0.15, 0.2) is 12.2 Å². The molecule has 0 amide bonds. The third-order valence-corrected chi connectivity index (χ3v) is 3.14. The SMILES string of the molecule is CC(=O)OC[C@@H]1OC(OC(C)=O)[C@H](N=[N+]=[N-])[C@H](OC(C)=O)[C@H]1OC(C)=O. The largest absolute Gasteiger partial charge is 0.463 e. The summed E-state index contributed by atoms with van der Waals surface area (Å²) >= 11 is 0. The van der Waals surface area contributed by atoms with Crippen LogP contribution in [0.4, 0.5) is 0 Å². The first-order chi connectivity index (χ1) is 12.1. The highest BCUT2D eigenvalue weighted by molar-refractivity contribution is 5.68. The topological polar surface area (TPSA) is 163 Å². The van der Waals surface area contributed by atoms with E-state index in [1.54, 1.807) is 0 Å². The molecule has 12 nitrogen and oxygen atoms in total. The molecule has 1 rings (SSSR count). The van der Waals surface area contributed by atoms with Gasteiger partial charge in [-0.3, -0.25) is 19.2 Å². The van der Waals surface area contributed by atoms with Gasteiger partial charge < -0.3 is 23.7 Å². The van der Waals surface area contributed by atoms with Gasteiger partial charge in [0.05, 0.1) is 0 Å². The lowest BCUT2D eigenvalue weighted by molar-refractivity contribution is -0.267. The molecule has 0 spiro atoms. The number of nitrogens with zero attached hydrogens (tertiary/aromatic N) is 3. The van der Waals surface area contributed by atoms with Crippen molar-refractivity contribution >= 4 is 23.9 Å². The fraction of sp³-hybridized carbons (Fsp3) is 0.714. The summed E-state index contributed by atoms with van der Waals surface area (Å²) in [6, 6.07) is -1.33. The molecule has 0 aromatic heterocycles. The van der Waals surface area contributed by atoms with Crippen molar-refractivity contribution in [2.45, 2.75) is 58.3 Å². The van der Waals surface area contributed by atoms with Crippen LogP contribution in [0.15, 0.2) is 5.11 Å². The maximum absolute atomic E-state index is 11.5. The molecule has 26 heavy (non-hydrogen) atoms. The van der Waals surface area contributed by atoms with E-state index in [2.05, 4.69) is 10.0 Å². The molecule has 0 aromatic rings. The standard InChI is InChI=1S/C14H19N3O9/c1-6(18)22-5-10-12(23-7(2)19)13(24-8(3)20)11(16-17-15)14(26-10)25-9(4)21/h10-14H,5H2,1-4H3/t10-,11+,12-,13-,14?/m0/s1. The molecule has 0 aliphatic carbocycles. The first kappa shape index (κ1) is 21.2. The molecule has 1 fully saturated rings. The van der Waals surface area contributed by atoms with Gasteiger partial charge >= 0.3 is 23.9 Å².